The van der Waals surface area contributed by atoms with Crippen LogP contribution in [-0.4, -0.2) is 11.1 Å². The van der Waals surface area contributed by atoms with Gasteiger partial charge in [-0.3, -0.25) is 0 Å². The molecule has 0 aromatic rings. The molecule has 0 aromatic heterocycles. The lowest BCUT2D eigenvalue weighted by molar-refractivity contribution is -0.131. The topological polar surface area (TPSA) is 37.3 Å². The first kappa shape index (κ1) is 13.2. The molecule has 0 rings (SSSR count). The van der Waals surface area contributed by atoms with Gasteiger partial charge in [0, 0.05) is 6.08 Å². The van der Waals surface area contributed by atoms with Gasteiger partial charge in [0.1, 0.15) is 0 Å². The highest BCUT2D eigenvalue weighted by Gasteiger charge is 1.96. The summed E-state index contributed by atoms with van der Waals surface area (Å²) < 4.78 is 0. The fraction of sp³-hybridized carbons (Fsp3) is 0.750. The third-order valence-corrected chi connectivity index (χ3v) is 2.22. The fourth-order valence-electron chi connectivity index (χ4n) is 1.42. The zero-order chi connectivity index (χ0) is 11.0. The second-order valence-electron chi connectivity index (χ2n) is 4.32. The van der Waals surface area contributed by atoms with Crippen LogP contribution < -0.4 is 0 Å². The molecule has 0 saturated carbocycles. The molecule has 0 aliphatic heterocycles. The van der Waals surface area contributed by atoms with Crippen molar-refractivity contribution in [1.82, 2.24) is 0 Å². The van der Waals surface area contributed by atoms with Gasteiger partial charge < -0.3 is 5.11 Å². The van der Waals surface area contributed by atoms with Crippen molar-refractivity contribution in [3.63, 3.8) is 0 Å². The molecule has 0 fully saturated rings. The number of rotatable bonds is 7. The Morgan fingerprint density at radius 2 is 1.93 bits per heavy atom. The Morgan fingerprint density at radius 3 is 2.43 bits per heavy atom. The van der Waals surface area contributed by atoms with Gasteiger partial charge in [-0.1, -0.05) is 38.7 Å². The summed E-state index contributed by atoms with van der Waals surface area (Å²) in [7, 11) is 0. The number of carboxylic acids is 1. The number of aliphatic carboxylic acids is 1. The van der Waals surface area contributed by atoms with Crippen LogP contribution in [0, 0.1) is 5.92 Å². The standard InChI is InChI=1S/C12H22O2/c1-10(2)7-5-4-6-8-11(3)9-12(13)14/h9-10H,4-8H2,1-3H3,(H,13,14). The molecule has 0 heterocycles. The van der Waals surface area contributed by atoms with Crippen LogP contribution in [0.4, 0.5) is 0 Å². The second kappa shape index (κ2) is 7.60. The molecule has 0 aliphatic rings. The maximum absolute atomic E-state index is 10.3. The average Bonchev–Trinajstić information content (AvgIpc) is 2.01. The van der Waals surface area contributed by atoms with Crippen LogP contribution >= 0.6 is 0 Å². The summed E-state index contributed by atoms with van der Waals surface area (Å²) in [6.07, 6.45) is 7.10. The van der Waals surface area contributed by atoms with E-state index in [0.29, 0.717) is 0 Å². The first-order valence-corrected chi connectivity index (χ1v) is 5.42. The highest BCUT2D eigenvalue weighted by atomic mass is 16.4. The molecule has 82 valence electrons. The van der Waals surface area contributed by atoms with Gasteiger partial charge in [-0.2, -0.15) is 0 Å². The number of hydrogen-bond acceptors (Lipinski definition) is 1. The Hall–Kier alpha value is -0.790. The minimum atomic E-state index is -0.829. The third-order valence-electron chi connectivity index (χ3n) is 2.22. The van der Waals surface area contributed by atoms with Gasteiger partial charge in [0.2, 0.25) is 0 Å². The van der Waals surface area contributed by atoms with Crippen LogP contribution in [0.25, 0.3) is 0 Å². The average molecular weight is 198 g/mol. The van der Waals surface area contributed by atoms with E-state index >= 15 is 0 Å². The number of hydrogen-bond donors (Lipinski definition) is 1. The number of allylic oxidation sites excluding steroid dienone is 1. The van der Waals surface area contributed by atoms with Gasteiger partial charge in [-0.05, 0) is 25.7 Å². The minimum Gasteiger partial charge on any atom is -0.478 e. The van der Waals surface area contributed by atoms with Crippen LogP contribution in [0.3, 0.4) is 0 Å². The molecule has 2 nitrogen and oxygen atoms in total. The van der Waals surface area contributed by atoms with Crippen molar-refractivity contribution in [3.8, 4) is 0 Å². The summed E-state index contributed by atoms with van der Waals surface area (Å²) in [5.41, 5.74) is 0.974. The molecular formula is C12H22O2. The van der Waals surface area contributed by atoms with Crippen molar-refractivity contribution < 1.29 is 9.90 Å². The second-order valence-corrected chi connectivity index (χ2v) is 4.32. The summed E-state index contributed by atoms with van der Waals surface area (Å²) in [5.74, 6) is -0.0460. The highest BCUT2D eigenvalue weighted by molar-refractivity contribution is 5.80. The zero-order valence-electron chi connectivity index (χ0n) is 9.55. The SMILES string of the molecule is CC(=CC(=O)O)CCCCCC(C)C. The molecule has 14 heavy (non-hydrogen) atoms. The molecule has 0 atom stereocenters. The number of carboxylic acid groups (broad SMARTS) is 1. The lowest BCUT2D eigenvalue weighted by atomic mass is 10.0. The molecule has 0 unspecified atom stereocenters. The molecule has 0 aliphatic carbocycles. The van der Waals surface area contributed by atoms with E-state index in [0.717, 1.165) is 24.3 Å². The van der Waals surface area contributed by atoms with Crippen molar-refractivity contribution >= 4 is 5.97 Å². The number of carbonyl (C=O) groups is 1. The van der Waals surface area contributed by atoms with Gasteiger partial charge >= 0.3 is 5.97 Å². The predicted molar refractivity (Wildman–Crippen MR) is 59.3 cm³/mol. The molecule has 0 bridgehead atoms. The minimum absolute atomic E-state index is 0.783. The van der Waals surface area contributed by atoms with Crippen LogP contribution in [0.5, 0.6) is 0 Å². The lowest BCUT2D eigenvalue weighted by Gasteiger charge is -2.04. The van der Waals surface area contributed by atoms with Crippen LogP contribution in [0.1, 0.15) is 52.9 Å². The van der Waals surface area contributed by atoms with Crippen molar-refractivity contribution in [2.75, 3.05) is 0 Å². The molecule has 0 amide bonds. The van der Waals surface area contributed by atoms with Gasteiger partial charge in [-0.15, -0.1) is 0 Å². The zero-order valence-corrected chi connectivity index (χ0v) is 9.55. The van der Waals surface area contributed by atoms with Gasteiger partial charge in [0.25, 0.3) is 0 Å². The Morgan fingerprint density at radius 1 is 1.29 bits per heavy atom. The molecule has 1 N–H and O–H groups in total. The van der Waals surface area contributed by atoms with E-state index in [1.165, 1.54) is 25.3 Å². The van der Waals surface area contributed by atoms with Gasteiger partial charge in [0.15, 0.2) is 0 Å². The van der Waals surface area contributed by atoms with Crippen molar-refractivity contribution in [1.29, 1.82) is 0 Å². The van der Waals surface area contributed by atoms with Gasteiger partial charge in [0.05, 0.1) is 0 Å². The summed E-state index contributed by atoms with van der Waals surface area (Å²) in [6.45, 7) is 6.35. The third kappa shape index (κ3) is 9.30. The lowest BCUT2D eigenvalue weighted by Crippen LogP contribution is -1.91. The molecule has 0 saturated heterocycles. The van der Waals surface area contributed by atoms with E-state index < -0.39 is 5.97 Å². The van der Waals surface area contributed by atoms with Gasteiger partial charge in [-0.25, -0.2) is 4.79 Å². The van der Waals surface area contributed by atoms with E-state index in [4.69, 9.17) is 5.11 Å². The van der Waals surface area contributed by atoms with Crippen molar-refractivity contribution in [2.45, 2.75) is 52.9 Å². The molecule has 2 heteroatoms. The van der Waals surface area contributed by atoms with E-state index in [9.17, 15) is 4.79 Å². The highest BCUT2D eigenvalue weighted by Crippen LogP contribution is 2.12. The maximum Gasteiger partial charge on any atom is 0.328 e. The van der Waals surface area contributed by atoms with E-state index in [1.807, 2.05) is 6.92 Å². The Labute approximate surface area is 87.0 Å². The van der Waals surface area contributed by atoms with Crippen molar-refractivity contribution in [2.24, 2.45) is 5.92 Å². The predicted octanol–water partition coefficient (Wildman–Crippen LogP) is 3.62. The van der Waals surface area contributed by atoms with Crippen LogP contribution in [0.2, 0.25) is 0 Å². The first-order valence-electron chi connectivity index (χ1n) is 5.42. The van der Waals surface area contributed by atoms with Crippen LogP contribution in [0.15, 0.2) is 11.6 Å². The Bertz CT molecular complexity index is 192. The summed E-state index contributed by atoms with van der Waals surface area (Å²) >= 11 is 0. The smallest absolute Gasteiger partial charge is 0.328 e. The Kier molecular flexibility index (Phi) is 7.17. The monoisotopic (exact) mass is 198 g/mol. The summed E-state index contributed by atoms with van der Waals surface area (Å²) in [4.78, 5) is 10.3. The molecular weight excluding hydrogens is 176 g/mol. The fourth-order valence-corrected chi connectivity index (χ4v) is 1.42. The molecule has 0 aromatic carbocycles. The van der Waals surface area contributed by atoms with Crippen LogP contribution in [-0.2, 0) is 4.79 Å². The quantitative estimate of drug-likeness (QED) is 0.501. The summed E-state index contributed by atoms with van der Waals surface area (Å²) in [5, 5.41) is 8.48. The number of unbranched alkanes of at least 4 members (excludes halogenated alkanes) is 2. The normalized spacial score (nSPS) is 12.1. The first-order chi connectivity index (χ1) is 6.52. The maximum atomic E-state index is 10.3. The molecule has 0 spiro atoms. The molecule has 0 radical (unpaired) electrons. The Balaban J connectivity index is 3.41. The van der Waals surface area contributed by atoms with Crippen molar-refractivity contribution in [3.05, 3.63) is 11.6 Å². The summed E-state index contributed by atoms with van der Waals surface area (Å²) in [6, 6.07) is 0. The largest absolute Gasteiger partial charge is 0.478 e. The van der Waals surface area contributed by atoms with E-state index in [-0.39, 0.29) is 0 Å². The van der Waals surface area contributed by atoms with E-state index in [1.54, 1.807) is 0 Å². The van der Waals surface area contributed by atoms with E-state index in [2.05, 4.69) is 13.8 Å².